The van der Waals surface area contributed by atoms with Crippen molar-refractivity contribution in [2.24, 2.45) is 4.99 Å². The van der Waals surface area contributed by atoms with E-state index in [0.29, 0.717) is 0 Å². The van der Waals surface area contributed by atoms with Crippen molar-refractivity contribution < 1.29 is 5.11 Å². The number of aliphatic hydroxyl groups is 1. The predicted molar refractivity (Wildman–Crippen MR) is 49.3 cm³/mol. The molecule has 4 heteroatoms. The van der Waals surface area contributed by atoms with E-state index in [1.165, 1.54) is 0 Å². The second kappa shape index (κ2) is 5.11. The maximum absolute atomic E-state index is 8.75. The molecule has 0 aromatic heterocycles. The molecule has 12 heavy (non-hydrogen) atoms. The summed E-state index contributed by atoms with van der Waals surface area (Å²) in [6, 6.07) is 0. The highest BCUT2D eigenvalue weighted by Gasteiger charge is 2.08. The molecule has 0 spiro atoms. The largest absolute Gasteiger partial charge is 0.395 e. The van der Waals surface area contributed by atoms with Gasteiger partial charge in [0.05, 0.1) is 26.2 Å². The van der Waals surface area contributed by atoms with E-state index in [1.807, 2.05) is 6.34 Å². The standard InChI is InChI=1S/C8H17N3O/c1-2-10(5-6-12)8-11-4-3-9-7-11/h7,12H,2-6,8H2,1H3. The fourth-order valence-electron chi connectivity index (χ4n) is 1.25. The summed E-state index contributed by atoms with van der Waals surface area (Å²) in [5.74, 6) is 0. The Morgan fingerprint density at radius 2 is 2.50 bits per heavy atom. The average Bonchev–Trinajstić information content (AvgIpc) is 2.56. The fourth-order valence-corrected chi connectivity index (χ4v) is 1.25. The number of nitrogens with zero attached hydrogens (tertiary/aromatic N) is 3. The molecule has 0 saturated heterocycles. The molecule has 0 unspecified atom stereocenters. The Morgan fingerprint density at radius 3 is 3.00 bits per heavy atom. The summed E-state index contributed by atoms with van der Waals surface area (Å²) in [5.41, 5.74) is 0. The normalized spacial score (nSPS) is 16.4. The van der Waals surface area contributed by atoms with Crippen LogP contribution >= 0.6 is 0 Å². The number of hydrogen-bond acceptors (Lipinski definition) is 4. The summed E-state index contributed by atoms with van der Waals surface area (Å²) >= 11 is 0. The van der Waals surface area contributed by atoms with Gasteiger partial charge in [-0.2, -0.15) is 0 Å². The fraction of sp³-hybridized carbons (Fsp3) is 0.875. The van der Waals surface area contributed by atoms with E-state index >= 15 is 0 Å². The molecule has 0 aromatic rings. The number of likely N-dealkylation sites (N-methyl/N-ethyl adjacent to an activating group) is 1. The van der Waals surface area contributed by atoms with E-state index in [9.17, 15) is 0 Å². The number of aliphatic imine (C=N–C) groups is 1. The molecule has 1 N–H and O–H groups in total. The highest BCUT2D eigenvalue weighted by atomic mass is 16.3. The van der Waals surface area contributed by atoms with Crippen LogP contribution in [-0.2, 0) is 0 Å². The van der Waals surface area contributed by atoms with Gasteiger partial charge in [0.1, 0.15) is 0 Å². The second-order valence-electron chi connectivity index (χ2n) is 2.91. The summed E-state index contributed by atoms with van der Waals surface area (Å²) in [4.78, 5) is 8.48. The van der Waals surface area contributed by atoms with Gasteiger partial charge in [-0.05, 0) is 6.54 Å². The van der Waals surface area contributed by atoms with Gasteiger partial charge in [0, 0.05) is 13.1 Å². The van der Waals surface area contributed by atoms with Crippen molar-refractivity contribution in [3.05, 3.63) is 0 Å². The predicted octanol–water partition coefficient (Wildman–Crippen LogP) is -0.398. The Labute approximate surface area is 73.5 Å². The lowest BCUT2D eigenvalue weighted by Gasteiger charge is -2.24. The van der Waals surface area contributed by atoms with Crippen molar-refractivity contribution in [3.8, 4) is 0 Å². The van der Waals surface area contributed by atoms with E-state index in [2.05, 4.69) is 21.7 Å². The van der Waals surface area contributed by atoms with Crippen LogP contribution in [-0.4, -0.2) is 60.7 Å². The summed E-state index contributed by atoms with van der Waals surface area (Å²) in [7, 11) is 0. The molecule has 0 aromatic carbocycles. The molecule has 1 aliphatic heterocycles. The van der Waals surface area contributed by atoms with Crippen LogP contribution in [0.4, 0.5) is 0 Å². The molecular weight excluding hydrogens is 154 g/mol. The zero-order valence-electron chi connectivity index (χ0n) is 7.61. The Morgan fingerprint density at radius 1 is 1.67 bits per heavy atom. The van der Waals surface area contributed by atoms with Crippen LogP contribution in [0.25, 0.3) is 0 Å². The van der Waals surface area contributed by atoms with Crippen LogP contribution in [0.3, 0.4) is 0 Å². The maximum Gasteiger partial charge on any atom is 0.0861 e. The van der Waals surface area contributed by atoms with Gasteiger partial charge in [-0.3, -0.25) is 9.89 Å². The summed E-state index contributed by atoms with van der Waals surface area (Å²) in [5, 5.41) is 8.75. The molecule has 0 bridgehead atoms. The average molecular weight is 171 g/mol. The first-order chi connectivity index (χ1) is 5.86. The van der Waals surface area contributed by atoms with Crippen LogP contribution in [0, 0.1) is 0 Å². The van der Waals surface area contributed by atoms with Gasteiger partial charge in [0.15, 0.2) is 0 Å². The summed E-state index contributed by atoms with van der Waals surface area (Å²) in [6.07, 6.45) is 1.89. The first kappa shape index (κ1) is 9.48. The van der Waals surface area contributed by atoms with E-state index < -0.39 is 0 Å². The lowest BCUT2D eigenvalue weighted by Crippen LogP contribution is -2.37. The Hall–Kier alpha value is -0.610. The Bertz CT molecular complexity index is 149. The van der Waals surface area contributed by atoms with E-state index in [4.69, 9.17) is 5.11 Å². The molecule has 4 nitrogen and oxygen atoms in total. The van der Waals surface area contributed by atoms with Crippen LogP contribution in [0.1, 0.15) is 6.92 Å². The van der Waals surface area contributed by atoms with Gasteiger partial charge in [-0.1, -0.05) is 6.92 Å². The van der Waals surface area contributed by atoms with Crippen molar-refractivity contribution in [1.82, 2.24) is 9.80 Å². The van der Waals surface area contributed by atoms with Gasteiger partial charge in [0.25, 0.3) is 0 Å². The van der Waals surface area contributed by atoms with Crippen molar-refractivity contribution >= 4 is 6.34 Å². The highest BCUT2D eigenvalue weighted by Crippen LogP contribution is 1.96. The molecule has 0 saturated carbocycles. The minimum Gasteiger partial charge on any atom is -0.395 e. The second-order valence-corrected chi connectivity index (χ2v) is 2.91. The lowest BCUT2D eigenvalue weighted by molar-refractivity contribution is 0.161. The molecule has 1 aliphatic rings. The minimum atomic E-state index is 0.235. The Balaban J connectivity index is 2.21. The smallest absolute Gasteiger partial charge is 0.0861 e. The third-order valence-corrected chi connectivity index (χ3v) is 2.01. The Kier molecular flexibility index (Phi) is 4.04. The zero-order chi connectivity index (χ0) is 8.81. The molecule has 0 aliphatic carbocycles. The van der Waals surface area contributed by atoms with Crippen LogP contribution < -0.4 is 0 Å². The lowest BCUT2D eigenvalue weighted by atomic mass is 10.5. The maximum atomic E-state index is 8.75. The molecule has 1 heterocycles. The van der Waals surface area contributed by atoms with Gasteiger partial charge >= 0.3 is 0 Å². The molecule has 0 fully saturated rings. The molecule has 70 valence electrons. The van der Waals surface area contributed by atoms with Crippen molar-refractivity contribution in [3.63, 3.8) is 0 Å². The van der Waals surface area contributed by atoms with Gasteiger partial charge < -0.3 is 10.0 Å². The quantitative estimate of drug-likeness (QED) is 0.612. The van der Waals surface area contributed by atoms with E-state index in [-0.39, 0.29) is 6.61 Å². The van der Waals surface area contributed by atoms with Gasteiger partial charge in [-0.15, -0.1) is 0 Å². The summed E-state index contributed by atoms with van der Waals surface area (Å²) in [6.45, 7) is 6.88. The van der Waals surface area contributed by atoms with Crippen LogP contribution in [0.5, 0.6) is 0 Å². The molecule has 0 amide bonds. The third kappa shape index (κ3) is 2.79. The first-order valence-corrected chi connectivity index (χ1v) is 4.44. The van der Waals surface area contributed by atoms with Crippen molar-refractivity contribution in [2.45, 2.75) is 6.92 Å². The summed E-state index contributed by atoms with van der Waals surface area (Å²) < 4.78 is 0. The van der Waals surface area contributed by atoms with E-state index in [1.54, 1.807) is 0 Å². The number of rotatable bonds is 5. The molecular formula is C8H17N3O. The van der Waals surface area contributed by atoms with Crippen LogP contribution in [0.2, 0.25) is 0 Å². The molecule has 1 rings (SSSR count). The monoisotopic (exact) mass is 171 g/mol. The topological polar surface area (TPSA) is 39.1 Å². The number of aliphatic hydroxyl groups excluding tert-OH is 1. The van der Waals surface area contributed by atoms with Crippen LogP contribution in [0.15, 0.2) is 4.99 Å². The molecule has 0 radical (unpaired) electrons. The third-order valence-electron chi connectivity index (χ3n) is 2.01. The van der Waals surface area contributed by atoms with E-state index in [0.717, 1.165) is 32.8 Å². The zero-order valence-corrected chi connectivity index (χ0v) is 7.61. The molecule has 0 atom stereocenters. The number of hydrogen-bond donors (Lipinski definition) is 1. The SMILES string of the molecule is CCN(CCO)CN1C=NCC1. The van der Waals surface area contributed by atoms with Crippen molar-refractivity contribution in [2.75, 3.05) is 39.5 Å². The van der Waals surface area contributed by atoms with Crippen molar-refractivity contribution in [1.29, 1.82) is 0 Å². The first-order valence-electron chi connectivity index (χ1n) is 4.44. The van der Waals surface area contributed by atoms with Gasteiger partial charge in [0.2, 0.25) is 0 Å². The van der Waals surface area contributed by atoms with Gasteiger partial charge in [-0.25, -0.2) is 0 Å². The highest BCUT2D eigenvalue weighted by molar-refractivity contribution is 5.56. The minimum absolute atomic E-state index is 0.235.